The Kier molecular flexibility index (Phi) is 10.0. The molecule has 182 valence electrons. The van der Waals surface area contributed by atoms with Crippen LogP contribution in [0, 0.1) is 11.3 Å². The van der Waals surface area contributed by atoms with Crippen LogP contribution in [0.3, 0.4) is 0 Å². The molecule has 3 rings (SSSR count). The average Bonchev–Trinajstić information content (AvgIpc) is 2.85. The lowest BCUT2D eigenvalue weighted by Gasteiger charge is -2.37. The number of carbonyl (C=O) groups excluding carboxylic acids is 1. The number of nitrogens with zero attached hydrogens (tertiary/aromatic N) is 2. The number of allylic oxidation sites excluding steroid dienone is 1. The number of piperidine rings is 1. The van der Waals surface area contributed by atoms with E-state index in [1.165, 1.54) is 0 Å². The lowest BCUT2D eigenvalue weighted by atomic mass is 9.99. The lowest BCUT2D eigenvalue weighted by molar-refractivity contribution is -0.115. The molecule has 0 spiro atoms. The summed E-state index contributed by atoms with van der Waals surface area (Å²) in [5.74, 6) is -0.210. The van der Waals surface area contributed by atoms with Crippen LogP contribution in [0.5, 0.6) is 0 Å². The molecule has 7 heteroatoms. The van der Waals surface area contributed by atoms with Crippen LogP contribution < -0.4 is 4.90 Å². The van der Waals surface area contributed by atoms with Crippen molar-refractivity contribution in [2.75, 3.05) is 44.5 Å². The van der Waals surface area contributed by atoms with E-state index in [4.69, 9.17) is 14.6 Å². The summed E-state index contributed by atoms with van der Waals surface area (Å²) < 4.78 is 24.6. The molecule has 0 aliphatic carbocycles. The van der Waals surface area contributed by atoms with Gasteiger partial charge in [-0.2, -0.15) is 5.26 Å². The Hall–Kier alpha value is -2.79. The molecule has 2 atom stereocenters. The highest BCUT2D eigenvalue weighted by molar-refractivity contribution is 6.03. The fraction of sp³-hybridized carbons (Fsp3) is 0.481. The van der Waals surface area contributed by atoms with Crippen LogP contribution in [0.25, 0.3) is 16.8 Å². The summed E-state index contributed by atoms with van der Waals surface area (Å²) >= 11 is 0. The van der Waals surface area contributed by atoms with Crippen molar-refractivity contribution in [2.45, 2.75) is 44.8 Å². The second kappa shape index (κ2) is 13.2. The highest BCUT2D eigenvalue weighted by atomic mass is 19.1. The molecule has 0 bridgehead atoms. The molecule has 6 nitrogen and oxygen atoms in total. The van der Waals surface area contributed by atoms with Crippen molar-refractivity contribution in [1.29, 1.82) is 5.26 Å². The second-order valence-corrected chi connectivity index (χ2v) is 8.53. The van der Waals surface area contributed by atoms with Gasteiger partial charge in [0.05, 0.1) is 38.0 Å². The molecular weight excluding hydrogens is 435 g/mol. The van der Waals surface area contributed by atoms with Crippen LogP contribution in [0.4, 0.5) is 10.1 Å². The Morgan fingerprint density at radius 1 is 1.18 bits per heavy atom. The van der Waals surface area contributed by atoms with Gasteiger partial charge in [0, 0.05) is 25.3 Å². The normalized spacial score (nSPS) is 18.8. The molecule has 1 aliphatic heterocycles. The molecule has 0 aromatic heterocycles. The van der Waals surface area contributed by atoms with Crippen LogP contribution in [-0.4, -0.2) is 62.7 Å². The van der Waals surface area contributed by atoms with Crippen LogP contribution in [0.2, 0.25) is 0 Å². The first-order valence-corrected chi connectivity index (χ1v) is 11.9. The number of alkyl halides is 1. The summed E-state index contributed by atoms with van der Waals surface area (Å²) in [7, 11) is 0. The first-order chi connectivity index (χ1) is 16.5. The zero-order valence-corrected chi connectivity index (χ0v) is 19.7. The number of halogens is 1. The van der Waals surface area contributed by atoms with Crippen molar-refractivity contribution in [2.24, 2.45) is 0 Å². The summed E-state index contributed by atoms with van der Waals surface area (Å²) in [6, 6.07) is 13.8. The molecule has 1 fully saturated rings. The summed E-state index contributed by atoms with van der Waals surface area (Å²) in [6.45, 7) is 4.25. The van der Waals surface area contributed by atoms with Gasteiger partial charge in [-0.3, -0.25) is 4.79 Å². The summed E-state index contributed by atoms with van der Waals surface area (Å²) in [5.41, 5.74) is 1.93. The number of rotatable bonds is 12. The first-order valence-electron chi connectivity index (χ1n) is 11.9. The third-order valence-corrected chi connectivity index (χ3v) is 6.11. The van der Waals surface area contributed by atoms with E-state index < -0.39 is 6.17 Å². The second-order valence-electron chi connectivity index (χ2n) is 8.53. The molecule has 1 heterocycles. The smallest absolute Gasteiger partial charge is 0.173 e. The largest absolute Gasteiger partial charge is 0.394 e. The molecule has 2 aromatic carbocycles. The minimum absolute atomic E-state index is 0.0191. The van der Waals surface area contributed by atoms with Gasteiger partial charge in [0.15, 0.2) is 5.78 Å². The summed E-state index contributed by atoms with van der Waals surface area (Å²) in [5, 5.41) is 20.1. The van der Waals surface area contributed by atoms with Crippen LogP contribution in [0.1, 0.15) is 38.2 Å². The quantitative estimate of drug-likeness (QED) is 0.282. The lowest BCUT2D eigenvalue weighted by Crippen LogP contribution is -2.44. The number of hydrogen-bond acceptors (Lipinski definition) is 6. The van der Waals surface area contributed by atoms with E-state index in [9.17, 15) is 14.4 Å². The van der Waals surface area contributed by atoms with Crippen molar-refractivity contribution in [3.8, 4) is 6.07 Å². The molecule has 34 heavy (non-hydrogen) atoms. The standard InChI is InChI=1S/C27H33FN2O4/c1-20-26(28)4-2-10-30(20)25-9-8-22-16-21(6-7-23(22)18-25)17-24(19-29)27(32)5-3-12-33-14-15-34-13-11-31/h6-9,16-18,20,26,31H,2-5,10-15H2,1H3/b24-17+. The predicted octanol–water partition coefficient (Wildman–Crippen LogP) is 4.45. The number of Topliss-reactive ketones (excluding diaryl/α,β-unsaturated/α-hetero) is 1. The topological polar surface area (TPSA) is 82.8 Å². The maximum atomic E-state index is 14.2. The van der Waals surface area contributed by atoms with Gasteiger partial charge in [0.25, 0.3) is 0 Å². The number of anilines is 1. The Balaban J connectivity index is 1.59. The molecular formula is C27H33FN2O4. The highest BCUT2D eigenvalue weighted by Crippen LogP contribution is 2.30. The number of hydrogen-bond donors (Lipinski definition) is 1. The number of ether oxygens (including phenoxy) is 2. The van der Waals surface area contributed by atoms with Gasteiger partial charge in [0.2, 0.25) is 0 Å². The SMILES string of the molecule is CC1C(F)CCCN1c1ccc2cc(/C=C(\C#N)C(=O)CCCOCCOCCO)ccc2c1. The van der Waals surface area contributed by atoms with Gasteiger partial charge in [-0.15, -0.1) is 0 Å². The zero-order valence-electron chi connectivity index (χ0n) is 19.7. The monoisotopic (exact) mass is 468 g/mol. The maximum absolute atomic E-state index is 14.2. The van der Waals surface area contributed by atoms with Gasteiger partial charge in [-0.05, 0) is 66.8 Å². The molecule has 1 saturated heterocycles. The fourth-order valence-electron chi connectivity index (χ4n) is 4.18. The third-order valence-electron chi connectivity index (χ3n) is 6.11. The number of ketones is 1. The van der Waals surface area contributed by atoms with E-state index in [0.717, 1.165) is 35.0 Å². The summed E-state index contributed by atoms with van der Waals surface area (Å²) in [4.78, 5) is 14.6. The molecule has 0 saturated carbocycles. The number of nitriles is 1. The fourth-order valence-corrected chi connectivity index (χ4v) is 4.18. The van der Waals surface area contributed by atoms with E-state index >= 15 is 0 Å². The molecule has 1 N–H and O–H groups in total. The van der Waals surface area contributed by atoms with E-state index in [2.05, 4.69) is 11.0 Å². The number of benzene rings is 2. The van der Waals surface area contributed by atoms with Crippen molar-refractivity contribution < 1.29 is 23.8 Å². The Bertz CT molecular complexity index is 1030. The zero-order chi connectivity index (χ0) is 24.3. The minimum Gasteiger partial charge on any atom is -0.394 e. The molecule has 0 radical (unpaired) electrons. The maximum Gasteiger partial charge on any atom is 0.173 e. The van der Waals surface area contributed by atoms with E-state index in [1.54, 1.807) is 6.08 Å². The Morgan fingerprint density at radius 2 is 1.91 bits per heavy atom. The molecule has 2 unspecified atom stereocenters. The first kappa shape index (κ1) is 25.8. The number of fused-ring (bicyclic) bond motifs is 1. The van der Waals surface area contributed by atoms with Crippen molar-refractivity contribution in [3.05, 3.63) is 47.5 Å². The van der Waals surface area contributed by atoms with Crippen molar-refractivity contribution in [3.63, 3.8) is 0 Å². The van der Waals surface area contributed by atoms with Crippen LogP contribution in [0.15, 0.2) is 42.0 Å². The molecule has 0 amide bonds. The van der Waals surface area contributed by atoms with E-state index in [-0.39, 0.29) is 37.0 Å². The Labute approximate surface area is 200 Å². The van der Waals surface area contributed by atoms with Gasteiger partial charge in [-0.25, -0.2) is 4.39 Å². The van der Waals surface area contributed by atoms with Gasteiger partial charge in [0.1, 0.15) is 12.2 Å². The molecule has 2 aromatic rings. The average molecular weight is 469 g/mol. The highest BCUT2D eigenvalue weighted by Gasteiger charge is 2.27. The number of aliphatic hydroxyl groups is 1. The van der Waals surface area contributed by atoms with Crippen molar-refractivity contribution in [1.82, 2.24) is 0 Å². The Morgan fingerprint density at radius 3 is 2.68 bits per heavy atom. The van der Waals surface area contributed by atoms with Gasteiger partial charge in [-0.1, -0.05) is 18.2 Å². The predicted molar refractivity (Wildman–Crippen MR) is 131 cm³/mol. The van der Waals surface area contributed by atoms with E-state index in [0.29, 0.717) is 32.7 Å². The van der Waals surface area contributed by atoms with Crippen LogP contribution in [-0.2, 0) is 14.3 Å². The minimum atomic E-state index is -0.809. The summed E-state index contributed by atoms with van der Waals surface area (Å²) in [6.07, 6.45) is 3.04. The molecule has 1 aliphatic rings. The van der Waals surface area contributed by atoms with Gasteiger partial charge >= 0.3 is 0 Å². The third kappa shape index (κ3) is 7.10. The number of carbonyl (C=O) groups is 1. The number of aliphatic hydroxyl groups excluding tert-OH is 1. The van der Waals surface area contributed by atoms with E-state index in [1.807, 2.05) is 43.3 Å². The van der Waals surface area contributed by atoms with Gasteiger partial charge < -0.3 is 19.5 Å². The van der Waals surface area contributed by atoms with Crippen LogP contribution >= 0.6 is 0 Å². The van der Waals surface area contributed by atoms with Crippen molar-refractivity contribution >= 4 is 28.3 Å².